The van der Waals surface area contributed by atoms with E-state index in [2.05, 4.69) is 36.8 Å². The zero-order valence-corrected chi connectivity index (χ0v) is 14.1. The number of rotatable bonds is 5. The second-order valence-corrected chi connectivity index (χ2v) is 10.8. The maximum atomic E-state index is 11.8. The van der Waals surface area contributed by atoms with Crippen LogP contribution in [0.5, 0.6) is 0 Å². The van der Waals surface area contributed by atoms with Crippen LogP contribution < -0.4 is 5.56 Å². The number of aromatic nitrogens is 1. The highest BCUT2D eigenvalue weighted by Crippen LogP contribution is 2.26. The molecule has 1 aromatic heterocycles. The second-order valence-electron chi connectivity index (χ2n) is 6.29. The van der Waals surface area contributed by atoms with Crippen molar-refractivity contribution in [3.63, 3.8) is 0 Å². The van der Waals surface area contributed by atoms with Gasteiger partial charge in [0, 0.05) is 18.2 Å². The zero-order chi connectivity index (χ0) is 15.5. The fourth-order valence-corrected chi connectivity index (χ4v) is 3.41. The predicted octanol–water partition coefficient (Wildman–Crippen LogP) is 3.82. The SMILES string of the molecule is Cc1c(CC(O[Si](C)(C)C)c2ccccc2)cc[nH]c1=O. The molecule has 0 aliphatic heterocycles. The van der Waals surface area contributed by atoms with Crippen LogP contribution in [0, 0.1) is 6.92 Å². The first-order valence-electron chi connectivity index (χ1n) is 7.27. The fourth-order valence-electron chi connectivity index (χ4n) is 2.34. The Hall–Kier alpha value is -1.65. The lowest BCUT2D eigenvalue weighted by molar-refractivity contribution is 0.198. The smallest absolute Gasteiger partial charge is 0.251 e. The van der Waals surface area contributed by atoms with E-state index >= 15 is 0 Å². The topological polar surface area (TPSA) is 42.1 Å². The van der Waals surface area contributed by atoms with Crippen molar-refractivity contribution in [3.8, 4) is 0 Å². The molecule has 0 aliphatic rings. The van der Waals surface area contributed by atoms with Gasteiger partial charge in [0.25, 0.3) is 5.56 Å². The van der Waals surface area contributed by atoms with Crippen LogP contribution in [-0.2, 0) is 10.8 Å². The third-order valence-electron chi connectivity index (χ3n) is 3.39. The average Bonchev–Trinajstić information content (AvgIpc) is 2.42. The van der Waals surface area contributed by atoms with Gasteiger partial charge in [-0.15, -0.1) is 0 Å². The average molecular weight is 301 g/mol. The van der Waals surface area contributed by atoms with Gasteiger partial charge in [-0.3, -0.25) is 4.79 Å². The van der Waals surface area contributed by atoms with Crippen LogP contribution in [0.2, 0.25) is 19.6 Å². The summed E-state index contributed by atoms with van der Waals surface area (Å²) in [6.45, 7) is 8.43. The lowest BCUT2D eigenvalue weighted by Gasteiger charge is -2.27. The number of nitrogens with one attached hydrogen (secondary N) is 1. The standard InChI is InChI=1S/C17H23NO2Si/c1-13-15(10-11-18-17(13)19)12-16(20-21(2,3)4)14-8-6-5-7-9-14/h5-11,16H,12H2,1-4H3,(H,18,19). The Bertz CT molecular complexity index is 644. The van der Waals surface area contributed by atoms with Crippen LogP contribution in [0.4, 0.5) is 0 Å². The quantitative estimate of drug-likeness (QED) is 0.853. The molecule has 0 fully saturated rings. The molecule has 0 saturated heterocycles. The van der Waals surface area contributed by atoms with E-state index in [0.717, 1.165) is 17.5 Å². The minimum Gasteiger partial charge on any atom is -0.410 e. The highest BCUT2D eigenvalue weighted by molar-refractivity contribution is 6.69. The van der Waals surface area contributed by atoms with E-state index in [1.54, 1.807) is 6.20 Å². The molecule has 3 nitrogen and oxygen atoms in total. The van der Waals surface area contributed by atoms with Crippen molar-refractivity contribution in [2.24, 2.45) is 0 Å². The van der Waals surface area contributed by atoms with Gasteiger partial charge in [0.05, 0.1) is 6.10 Å². The first kappa shape index (κ1) is 15.7. The lowest BCUT2D eigenvalue weighted by atomic mass is 9.99. The lowest BCUT2D eigenvalue weighted by Crippen LogP contribution is -2.29. The summed E-state index contributed by atoms with van der Waals surface area (Å²) in [5, 5.41) is 0. The van der Waals surface area contributed by atoms with Crippen LogP contribution >= 0.6 is 0 Å². The highest BCUT2D eigenvalue weighted by atomic mass is 28.4. The summed E-state index contributed by atoms with van der Waals surface area (Å²) in [6.07, 6.45) is 2.43. The molecule has 1 aromatic carbocycles. The molecule has 1 unspecified atom stereocenters. The van der Waals surface area contributed by atoms with Crippen LogP contribution in [0.1, 0.15) is 22.8 Å². The molecule has 0 spiro atoms. The van der Waals surface area contributed by atoms with Crippen molar-refractivity contribution < 1.29 is 4.43 Å². The number of pyridine rings is 1. The molecular formula is C17H23NO2Si. The molecule has 2 aromatic rings. The van der Waals surface area contributed by atoms with Crippen molar-refractivity contribution in [2.45, 2.75) is 39.1 Å². The number of hydrogen-bond donors (Lipinski definition) is 1. The van der Waals surface area contributed by atoms with Crippen LogP contribution in [0.15, 0.2) is 47.4 Å². The van der Waals surface area contributed by atoms with Gasteiger partial charge in [-0.2, -0.15) is 0 Å². The second kappa shape index (κ2) is 6.41. The van der Waals surface area contributed by atoms with Gasteiger partial charge >= 0.3 is 0 Å². The number of hydrogen-bond acceptors (Lipinski definition) is 2. The maximum Gasteiger partial charge on any atom is 0.251 e. The normalized spacial score (nSPS) is 13.1. The molecule has 21 heavy (non-hydrogen) atoms. The van der Waals surface area contributed by atoms with Crippen molar-refractivity contribution >= 4 is 8.32 Å². The van der Waals surface area contributed by atoms with Gasteiger partial charge in [-0.1, -0.05) is 30.3 Å². The van der Waals surface area contributed by atoms with E-state index < -0.39 is 8.32 Å². The zero-order valence-electron chi connectivity index (χ0n) is 13.1. The molecule has 0 bridgehead atoms. The van der Waals surface area contributed by atoms with Gasteiger partial charge < -0.3 is 9.41 Å². The number of benzene rings is 1. The molecular weight excluding hydrogens is 278 g/mol. The van der Waals surface area contributed by atoms with Gasteiger partial charge in [-0.25, -0.2) is 0 Å². The molecule has 112 valence electrons. The van der Waals surface area contributed by atoms with Gasteiger partial charge in [0.1, 0.15) is 0 Å². The van der Waals surface area contributed by atoms with Crippen LogP contribution in [-0.4, -0.2) is 13.3 Å². The monoisotopic (exact) mass is 301 g/mol. The molecule has 1 N–H and O–H groups in total. The summed E-state index contributed by atoms with van der Waals surface area (Å²) < 4.78 is 6.35. The summed E-state index contributed by atoms with van der Waals surface area (Å²) in [7, 11) is -1.67. The largest absolute Gasteiger partial charge is 0.410 e. The fraction of sp³-hybridized carbons (Fsp3) is 0.353. The van der Waals surface area contributed by atoms with Crippen molar-refractivity contribution in [1.29, 1.82) is 0 Å². The van der Waals surface area contributed by atoms with E-state index in [1.807, 2.05) is 31.2 Å². The molecule has 1 heterocycles. The summed E-state index contributed by atoms with van der Waals surface area (Å²) in [5.41, 5.74) is 2.97. The van der Waals surface area contributed by atoms with Gasteiger partial charge in [-0.05, 0) is 43.8 Å². The van der Waals surface area contributed by atoms with Crippen LogP contribution in [0.3, 0.4) is 0 Å². The summed E-state index contributed by atoms with van der Waals surface area (Å²) in [5.74, 6) is 0. The Morgan fingerprint density at radius 3 is 2.43 bits per heavy atom. The van der Waals surface area contributed by atoms with E-state index in [1.165, 1.54) is 5.56 Å². The Morgan fingerprint density at radius 1 is 1.14 bits per heavy atom. The van der Waals surface area contributed by atoms with Crippen molar-refractivity contribution in [2.75, 3.05) is 0 Å². The summed E-state index contributed by atoms with van der Waals surface area (Å²) in [6, 6.07) is 12.2. The van der Waals surface area contributed by atoms with E-state index in [9.17, 15) is 4.79 Å². The molecule has 4 heteroatoms. The van der Waals surface area contributed by atoms with Gasteiger partial charge in [0.15, 0.2) is 8.32 Å². The van der Waals surface area contributed by atoms with Gasteiger partial charge in [0.2, 0.25) is 0 Å². The first-order valence-corrected chi connectivity index (χ1v) is 10.7. The van der Waals surface area contributed by atoms with E-state index in [0.29, 0.717) is 0 Å². The predicted molar refractivity (Wildman–Crippen MR) is 89.1 cm³/mol. The number of H-pyrrole nitrogens is 1. The summed E-state index contributed by atoms with van der Waals surface area (Å²) >= 11 is 0. The summed E-state index contributed by atoms with van der Waals surface area (Å²) in [4.78, 5) is 14.5. The van der Waals surface area contributed by atoms with E-state index in [-0.39, 0.29) is 11.7 Å². The molecule has 2 rings (SSSR count). The van der Waals surface area contributed by atoms with E-state index in [4.69, 9.17) is 4.43 Å². The highest BCUT2D eigenvalue weighted by Gasteiger charge is 2.23. The molecule has 0 aliphatic carbocycles. The number of aromatic amines is 1. The third-order valence-corrected chi connectivity index (χ3v) is 4.39. The molecule has 1 atom stereocenters. The molecule has 0 saturated carbocycles. The Morgan fingerprint density at radius 2 is 1.81 bits per heavy atom. The minimum absolute atomic E-state index is 0.00151. The van der Waals surface area contributed by atoms with Crippen LogP contribution in [0.25, 0.3) is 0 Å². The maximum absolute atomic E-state index is 11.8. The minimum atomic E-state index is -1.67. The molecule has 0 radical (unpaired) electrons. The van der Waals surface area contributed by atoms with Crippen molar-refractivity contribution in [1.82, 2.24) is 4.98 Å². The Balaban J connectivity index is 2.32. The van der Waals surface area contributed by atoms with Crippen molar-refractivity contribution in [3.05, 3.63) is 69.6 Å². The Kier molecular flexibility index (Phi) is 4.80. The molecule has 0 amide bonds. The first-order chi connectivity index (χ1) is 9.87. The Labute approximate surface area is 127 Å². The third kappa shape index (κ3) is 4.41.